The lowest BCUT2D eigenvalue weighted by Gasteiger charge is -2.08. The van der Waals surface area contributed by atoms with E-state index in [1.807, 2.05) is 28.8 Å². The molecule has 29 heavy (non-hydrogen) atoms. The minimum Gasteiger partial charge on any atom is -0.395 e. The van der Waals surface area contributed by atoms with Crippen LogP contribution in [0.1, 0.15) is 23.4 Å². The summed E-state index contributed by atoms with van der Waals surface area (Å²) in [4.78, 5) is 30.7. The molecule has 4 rings (SSSR count). The second kappa shape index (κ2) is 7.58. The highest BCUT2D eigenvalue weighted by atomic mass is 16.6. The fraction of sp³-hybridized carbons (Fsp3) is 0.211. The van der Waals surface area contributed by atoms with Crippen LogP contribution < -0.4 is 11.1 Å². The third-order valence-electron chi connectivity index (χ3n) is 4.59. The fourth-order valence-corrected chi connectivity index (χ4v) is 3.22. The van der Waals surface area contributed by atoms with E-state index in [-0.39, 0.29) is 5.76 Å². The molecule has 148 valence electrons. The van der Waals surface area contributed by atoms with Gasteiger partial charge in [-0.05, 0) is 25.0 Å². The molecule has 0 spiro atoms. The average Bonchev–Trinajstić information content (AvgIpc) is 3.36. The van der Waals surface area contributed by atoms with Gasteiger partial charge < -0.3 is 20.0 Å². The van der Waals surface area contributed by atoms with Crippen LogP contribution in [-0.4, -0.2) is 31.9 Å². The van der Waals surface area contributed by atoms with Crippen LogP contribution in [0.15, 0.2) is 47.1 Å². The quantitative estimate of drug-likeness (QED) is 0.279. The molecule has 0 saturated carbocycles. The number of fused-ring (bicyclic) bond motifs is 3. The van der Waals surface area contributed by atoms with E-state index in [4.69, 9.17) is 10.2 Å². The SMILES string of the molecule is Nc1nc2ccccc2c2c1ncn2CCCCNC(=O)c1ccc([N+](=O)[O-])o1. The smallest absolute Gasteiger partial charge is 0.395 e. The number of aryl methyl sites for hydroxylation is 1. The lowest BCUT2D eigenvalue weighted by atomic mass is 10.2. The first-order valence-electron chi connectivity index (χ1n) is 9.06. The number of pyridine rings is 1. The predicted octanol–water partition coefficient (Wildman–Crippen LogP) is 2.88. The molecule has 4 aromatic rings. The van der Waals surface area contributed by atoms with Gasteiger partial charge in [0.25, 0.3) is 5.91 Å². The van der Waals surface area contributed by atoms with Crippen LogP contribution in [0.25, 0.3) is 21.9 Å². The second-order valence-corrected chi connectivity index (χ2v) is 6.51. The Balaban J connectivity index is 1.37. The van der Waals surface area contributed by atoms with Crippen molar-refractivity contribution in [2.24, 2.45) is 0 Å². The molecule has 0 fully saturated rings. The van der Waals surface area contributed by atoms with Crippen LogP contribution in [0.4, 0.5) is 11.7 Å². The van der Waals surface area contributed by atoms with Gasteiger partial charge in [0.1, 0.15) is 10.4 Å². The number of nitrogen functional groups attached to an aromatic ring is 1. The van der Waals surface area contributed by atoms with Crippen molar-refractivity contribution >= 4 is 39.5 Å². The third kappa shape index (κ3) is 3.59. The van der Waals surface area contributed by atoms with E-state index in [1.165, 1.54) is 6.07 Å². The maximum Gasteiger partial charge on any atom is 0.433 e. The molecule has 1 amide bonds. The van der Waals surface area contributed by atoms with Gasteiger partial charge >= 0.3 is 5.88 Å². The number of hydrogen-bond acceptors (Lipinski definition) is 7. The highest BCUT2D eigenvalue weighted by Crippen LogP contribution is 2.27. The molecule has 0 saturated heterocycles. The minimum atomic E-state index is -0.682. The summed E-state index contributed by atoms with van der Waals surface area (Å²) < 4.78 is 6.92. The Morgan fingerprint density at radius 2 is 2.07 bits per heavy atom. The predicted molar refractivity (Wildman–Crippen MR) is 106 cm³/mol. The topological polar surface area (TPSA) is 142 Å². The van der Waals surface area contributed by atoms with Crippen molar-refractivity contribution in [3.63, 3.8) is 0 Å². The second-order valence-electron chi connectivity index (χ2n) is 6.51. The molecule has 0 aliphatic carbocycles. The van der Waals surface area contributed by atoms with Gasteiger partial charge in [-0.15, -0.1) is 0 Å². The Kier molecular flexibility index (Phi) is 4.82. The number of furan rings is 1. The molecule has 0 radical (unpaired) electrons. The normalized spacial score (nSPS) is 11.2. The number of amides is 1. The van der Waals surface area contributed by atoms with Gasteiger partial charge in [0.15, 0.2) is 11.6 Å². The van der Waals surface area contributed by atoms with Gasteiger partial charge in [-0.25, -0.2) is 9.97 Å². The van der Waals surface area contributed by atoms with E-state index >= 15 is 0 Å². The summed E-state index contributed by atoms with van der Waals surface area (Å²) in [5.41, 5.74) is 8.48. The first-order chi connectivity index (χ1) is 14.0. The number of nitro groups is 1. The number of unbranched alkanes of at least 4 members (excludes halogenated alkanes) is 1. The van der Waals surface area contributed by atoms with E-state index in [0.717, 1.165) is 28.9 Å². The van der Waals surface area contributed by atoms with Gasteiger partial charge in [-0.3, -0.25) is 14.9 Å². The number of aromatic nitrogens is 3. The number of anilines is 1. The molecule has 0 bridgehead atoms. The minimum absolute atomic E-state index is 0.0771. The first-order valence-corrected chi connectivity index (χ1v) is 9.06. The number of nitrogens with two attached hydrogens (primary N) is 1. The summed E-state index contributed by atoms with van der Waals surface area (Å²) in [5, 5.41) is 14.3. The van der Waals surface area contributed by atoms with Crippen molar-refractivity contribution in [1.29, 1.82) is 0 Å². The Morgan fingerprint density at radius 3 is 2.86 bits per heavy atom. The van der Waals surface area contributed by atoms with Gasteiger partial charge in [-0.2, -0.15) is 0 Å². The summed E-state index contributed by atoms with van der Waals surface area (Å²) in [6.45, 7) is 1.12. The van der Waals surface area contributed by atoms with E-state index in [0.29, 0.717) is 30.8 Å². The monoisotopic (exact) mass is 394 g/mol. The van der Waals surface area contributed by atoms with Crippen LogP contribution in [-0.2, 0) is 6.54 Å². The zero-order valence-electron chi connectivity index (χ0n) is 15.4. The largest absolute Gasteiger partial charge is 0.433 e. The van der Waals surface area contributed by atoms with Crippen LogP contribution in [0, 0.1) is 10.1 Å². The summed E-state index contributed by atoms with van der Waals surface area (Å²) in [6, 6.07) is 10.2. The van der Waals surface area contributed by atoms with Gasteiger partial charge in [0, 0.05) is 18.5 Å². The number of nitrogens with one attached hydrogen (secondary N) is 1. The number of benzene rings is 1. The summed E-state index contributed by atoms with van der Waals surface area (Å²) in [7, 11) is 0. The molecule has 0 aliphatic rings. The van der Waals surface area contributed by atoms with E-state index in [9.17, 15) is 14.9 Å². The van der Waals surface area contributed by atoms with Crippen molar-refractivity contribution in [2.45, 2.75) is 19.4 Å². The Labute approximate surface area is 164 Å². The number of hydrogen-bond donors (Lipinski definition) is 2. The van der Waals surface area contributed by atoms with Gasteiger partial charge in [-0.1, -0.05) is 18.2 Å². The van der Waals surface area contributed by atoms with Crippen LogP contribution in [0.5, 0.6) is 0 Å². The first kappa shape index (κ1) is 18.4. The molecule has 0 unspecified atom stereocenters. The number of carbonyl (C=O) groups is 1. The van der Waals surface area contributed by atoms with E-state index in [1.54, 1.807) is 6.33 Å². The zero-order chi connectivity index (χ0) is 20.4. The molecule has 3 N–H and O–H groups in total. The molecule has 0 atom stereocenters. The lowest BCUT2D eigenvalue weighted by Crippen LogP contribution is -2.24. The fourth-order valence-electron chi connectivity index (χ4n) is 3.22. The van der Waals surface area contributed by atoms with Crippen molar-refractivity contribution in [1.82, 2.24) is 19.9 Å². The number of para-hydroxylation sites is 1. The molecular formula is C19H18N6O4. The molecule has 3 aromatic heterocycles. The molecule has 10 nitrogen and oxygen atoms in total. The number of imidazole rings is 1. The van der Waals surface area contributed by atoms with Crippen molar-refractivity contribution < 1.29 is 14.1 Å². The van der Waals surface area contributed by atoms with Crippen LogP contribution in [0.3, 0.4) is 0 Å². The Bertz CT molecular complexity index is 1210. The Morgan fingerprint density at radius 1 is 1.24 bits per heavy atom. The zero-order valence-corrected chi connectivity index (χ0v) is 15.4. The summed E-state index contributed by atoms with van der Waals surface area (Å²) >= 11 is 0. The standard InChI is InChI=1S/C19H18N6O4/c20-18-16-17(12-5-1-2-6-13(12)23-18)24(11-22-16)10-4-3-9-21-19(26)14-7-8-15(29-14)25(27)28/h1-2,5-8,11H,3-4,9-10H2,(H2,20,23)(H,21,26). The maximum absolute atomic E-state index is 12.0. The number of carbonyl (C=O) groups excluding carboxylic acids is 1. The van der Waals surface area contributed by atoms with E-state index in [2.05, 4.69) is 15.3 Å². The highest BCUT2D eigenvalue weighted by molar-refractivity contribution is 6.06. The van der Waals surface area contributed by atoms with Crippen molar-refractivity contribution in [3.05, 3.63) is 58.6 Å². The molecule has 10 heteroatoms. The van der Waals surface area contributed by atoms with Crippen LogP contribution >= 0.6 is 0 Å². The molecule has 1 aromatic carbocycles. The maximum atomic E-state index is 12.0. The molecule has 3 heterocycles. The molecule has 0 aliphatic heterocycles. The van der Waals surface area contributed by atoms with Crippen molar-refractivity contribution in [3.8, 4) is 0 Å². The number of nitrogens with zero attached hydrogens (tertiary/aromatic N) is 4. The van der Waals surface area contributed by atoms with Crippen molar-refractivity contribution in [2.75, 3.05) is 12.3 Å². The summed E-state index contributed by atoms with van der Waals surface area (Å²) in [5.74, 6) is -0.608. The lowest BCUT2D eigenvalue weighted by molar-refractivity contribution is -0.402. The summed E-state index contributed by atoms with van der Waals surface area (Å²) in [6.07, 6.45) is 3.25. The van der Waals surface area contributed by atoms with E-state index < -0.39 is 16.7 Å². The highest BCUT2D eigenvalue weighted by Gasteiger charge is 2.17. The average molecular weight is 394 g/mol. The Hall–Kier alpha value is -3.95. The molecular weight excluding hydrogens is 376 g/mol. The van der Waals surface area contributed by atoms with Gasteiger partial charge in [0.05, 0.1) is 23.4 Å². The number of rotatable bonds is 7. The third-order valence-corrected chi connectivity index (χ3v) is 4.59. The van der Waals surface area contributed by atoms with Crippen LogP contribution in [0.2, 0.25) is 0 Å². The van der Waals surface area contributed by atoms with Gasteiger partial charge in [0.2, 0.25) is 0 Å².